The summed E-state index contributed by atoms with van der Waals surface area (Å²) in [4.78, 5) is 0. The van der Waals surface area contributed by atoms with Crippen LogP contribution in [0.1, 0.15) is 39.0 Å². The molecule has 0 saturated heterocycles. The van der Waals surface area contributed by atoms with E-state index in [1.54, 1.807) is 0 Å². The molecule has 0 aromatic carbocycles. The number of aliphatic hydroxyl groups is 1. The number of amidine groups is 1. The van der Waals surface area contributed by atoms with Gasteiger partial charge in [0.15, 0.2) is 5.84 Å². The first-order valence-electron chi connectivity index (χ1n) is 5.56. The maximum Gasteiger partial charge on any atom is 0.156 e. The predicted molar refractivity (Wildman–Crippen MR) is 58.9 cm³/mol. The molecule has 1 rings (SSSR count). The van der Waals surface area contributed by atoms with Crippen molar-refractivity contribution in [3.8, 4) is 0 Å². The molecule has 0 spiro atoms. The van der Waals surface area contributed by atoms with Gasteiger partial charge in [-0.3, -0.25) is 0 Å². The van der Waals surface area contributed by atoms with Crippen molar-refractivity contribution < 1.29 is 10.3 Å². The lowest BCUT2D eigenvalue weighted by Crippen LogP contribution is -2.49. The van der Waals surface area contributed by atoms with Gasteiger partial charge in [0.05, 0.1) is 12.1 Å². The second-order valence-corrected chi connectivity index (χ2v) is 4.23. The predicted octanol–water partition coefficient (Wildman–Crippen LogP) is 0.404. The molecule has 5 N–H and O–H groups in total. The summed E-state index contributed by atoms with van der Waals surface area (Å²) < 4.78 is 0. The Morgan fingerprint density at radius 1 is 1.40 bits per heavy atom. The quantitative estimate of drug-likeness (QED) is 0.180. The van der Waals surface area contributed by atoms with Crippen LogP contribution in [0.5, 0.6) is 0 Å². The van der Waals surface area contributed by atoms with E-state index >= 15 is 0 Å². The molecule has 3 atom stereocenters. The van der Waals surface area contributed by atoms with E-state index < -0.39 is 0 Å². The van der Waals surface area contributed by atoms with Gasteiger partial charge in [-0.1, -0.05) is 24.4 Å². The summed E-state index contributed by atoms with van der Waals surface area (Å²) >= 11 is 0. The minimum atomic E-state index is -0.318. The first-order valence-corrected chi connectivity index (χ1v) is 5.56. The van der Waals surface area contributed by atoms with Crippen LogP contribution in [-0.2, 0) is 0 Å². The van der Waals surface area contributed by atoms with E-state index in [-0.39, 0.29) is 24.0 Å². The summed E-state index contributed by atoms with van der Waals surface area (Å²) in [5.74, 6) is 0.159. The van der Waals surface area contributed by atoms with Gasteiger partial charge >= 0.3 is 0 Å². The lowest BCUT2D eigenvalue weighted by atomic mass is 10.1. The maximum absolute atomic E-state index is 9.85. The van der Waals surface area contributed by atoms with Gasteiger partial charge in [0.25, 0.3) is 0 Å². The molecule has 0 amide bonds. The van der Waals surface area contributed by atoms with Crippen LogP contribution in [0.15, 0.2) is 5.16 Å². The van der Waals surface area contributed by atoms with Crippen molar-refractivity contribution in [2.75, 3.05) is 0 Å². The molecule has 0 aromatic heterocycles. The minimum absolute atomic E-state index is 0.0581. The van der Waals surface area contributed by atoms with E-state index in [0.29, 0.717) is 0 Å². The van der Waals surface area contributed by atoms with E-state index in [9.17, 15) is 5.11 Å². The van der Waals surface area contributed by atoms with Crippen molar-refractivity contribution in [1.29, 1.82) is 0 Å². The highest BCUT2D eigenvalue weighted by atomic mass is 16.4. The van der Waals surface area contributed by atoms with Crippen LogP contribution in [0.25, 0.3) is 0 Å². The molecule has 0 radical (unpaired) electrons. The molecule has 1 saturated carbocycles. The first kappa shape index (κ1) is 12.3. The molecule has 5 heteroatoms. The van der Waals surface area contributed by atoms with Gasteiger partial charge < -0.3 is 21.4 Å². The van der Waals surface area contributed by atoms with E-state index in [0.717, 1.165) is 25.7 Å². The fourth-order valence-electron chi connectivity index (χ4n) is 1.98. The van der Waals surface area contributed by atoms with Crippen LogP contribution in [0.4, 0.5) is 0 Å². The van der Waals surface area contributed by atoms with Crippen LogP contribution in [0.3, 0.4) is 0 Å². The second kappa shape index (κ2) is 5.92. The largest absolute Gasteiger partial charge is 0.409 e. The Balaban J connectivity index is 2.47. The number of hydrogen-bond acceptors (Lipinski definition) is 4. The number of rotatable bonds is 3. The van der Waals surface area contributed by atoms with Crippen LogP contribution in [0.2, 0.25) is 0 Å². The van der Waals surface area contributed by atoms with Crippen molar-refractivity contribution in [1.82, 2.24) is 5.32 Å². The highest BCUT2D eigenvalue weighted by molar-refractivity contribution is 5.84. The van der Waals surface area contributed by atoms with Crippen molar-refractivity contribution in [2.45, 2.75) is 57.2 Å². The molecule has 0 aliphatic heterocycles. The lowest BCUT2D eigenvalue weighted by Gasteiger charge is -2.25. The molecule has 1 aliphatic carbocycles. The van der Waals surface area contributed by atoms with Gasteiger partial charge in [0.2, 0.25) is 0 Å². The fourth-order valence-corrected chi connectivity index (χ4v) is 1.98. The molecular weight excluding hydrogens is 194 g/mol. The van der Waals surface area contributed by atoms with Crippen LogP contribution >= 0.6 is 0 Å². The van der Waals surface area contributed by atoms with Crippen LogP contribution < -0.4 is 11.1 Å². The Bertz CT molecular complexity index is 221. The van der Waals surface area contributed by atoms with E-state index in [1.165, 1.54) is 6.42 Å². The van der Waals surface area contributed by atoms with E-state index in [2.05, 4.69) is 10.5 Å². The zero-order chi connectivity index (χ0) is 11.3. The van der Waals surface area contributed by atoms with Crippen molar-refractivity contribution in [3.63, 3.8) is 0 Å². The fraction of sp³-hybridized carbons (Fsp3) is 0.900. The van der Waals surface area contributed by atoms with E-state index in [4.69, 9.17) is 10.9 Å². The number of aliphatic hydroxyl groups excluding tert-OH is 1. The Kier molecular flexibility index (Phi) is 4.84. The molecule has 0 heterocycles. The Morgan fingerprint density at radius 3 is 2.73 bits per heavy atom. The molecule has 1 aliphatic rings. The molecule has 3 unspecified atom stereocenters. The van der Waals surface area contributed by atoms with Gasteiger partial charge in [-0.25, -0.2) is 0 Å². The van der Waals surface area contributed by atoms with E-state index in [1.807, 2.05) is 6.92 Å². The Labute approximate surface area is 90.3 Å². The highest BCUT2D eigenvalue weighted by Gasteiger charge is 2.23. The summed E-state index contributed by atoms with van der Waals surface area (Å²) in [5.41, 5.74) is 5.47. The Morgan fingerprint density at radius 2 is 2.07 bits per heavy atom. The second-order valence-electron chi connectivity index (χ2n) is 4.23. The molecular formula is C10H21N3O2. The summed E-state index contributed by atoms with van der Waals surface area (Å²) in [5, 5.41) is 24.5. The van der Waals surface area contributed by atoms with Gasteiger partial charge in [0.1, 0.15) is 0 Å². The lowest BCUT2D eigenvalue weighted by molar-refractivity contribution is 0.118. The van der Waals surface area contributed by atoms with Gasteiger partial charge in [-0.05, 0) is 19.8 Å². The topological polar surface area (TPSA) is 90.9 Å². The average Bonchev–Trinajstić information content (AvgIpc) is 2.43. The Hall–Kier alpha value is -0.810. The summed E-state index contributed by atoms with van der Waals surface area (Å²) in [6.45, 7) is 1.83. The third kappa shape index (κ3) is 3.68. The van der Waals surface area contributed by atoms with Crippen molar-refractivity contribution in [2.24, 2.45) is 10.9 Å². The zero-order valence-electron chi connectivity index (χ0n) is 9.19. The number of nitrogens with one attached hydrogen (secondary N) is 1. The number of oxime groups is 1. The SMILES string of the molecule is CC(NC1CCCCCC1O)C(N)=NO. The van der Waals surface area contributed by atoms with Crippen molar-refractivity contribution >= 4 is 5.84 Å². The summed E-state index contributed by atoms with van der Waals surface area (Å²) in [7, 11) is 0. The number of nitrogens with zero attached hydrogens (tertiary/aromatic N) is 1. The van der Waals surface area contributed by atoms with Gasteiger partial charge in [0, 0.05) is 6.04 Å². The number of nitrogens with two attached hydrogens (primary N) is 1. The standard InChI is InChI=1S/C10H21N3O2/c1-7(10(11)13-15)12-8-5-3-2-4-6-9(8)14/h7-9,12,14-15H,2-6H2,1H3,(H2,11,13). The third-order valence-electron chi connectivity index (χ3n) is 3.00. The highest BCUT2D eigenvalue weighted by Crippen LogP contribution is 2.18. The summed E-state index contributed by atoms with van der Waals surface area (Å²) in [6.07, 6.45) is 4.84. The minimum Gasteiger partial charge on any atom is -0.409 e. The monoisotopic (exact) mass is 215 g/mol. The molecule has 88 valence electrons. The summed E-state index contributed by atoms with van der Waals surface area (Å²) in [6, 6.07) is -0.143. The normalized spacial score (nSPS) is 30.9. The first-order chi connectivity index (χ1) is 7.15. The van der Waals surface area contributed by atoms with Gasteiger partial charge in [-0.2, -0.15) is 0 Å². The molecule has 1 fully saturated rings. The number of hydrogen-bond donors (Lipinski definition) is 4. The molecule has 5 nitrogen and oxygen atoms in total. The van der Waals surface area contributed by atoms with Gasteiger partial charge in [-0.15, -0.1) is 0 Å². The maximum atomic E-state index is 9.85. The molecule has 15 heavy (non-hydrogen) atoms. The van der Waals surface area contributed by atoms with Crippen LogP contribution in [-0.4, -0.2) is 34.3 Å². The smallest absolute Gasteiger partial charge is 0.156 e. The third-order valence-corrected chi connectivity index (χ3v) is 3.00. The zero-order valence-corrected chi connectivity index (χ0v) is 9.19. The average molecular weight is 215 g/mol. The molecule has 0 bridgehead atoms. The van der Waals surface area contributed by atoms with Crippen LogP contribution in [0, 0.1) is 0 Å². The molecule has 0 aromatic rings. The van der Waals surface area contributed by atoms with Crippen molar-refractivity contribution in [3.05, 3.63) is 0 Å².